The van der Waals surface area contributed by atoms with Crippen molar-refractivity contribution < 1.29 is 9.84 Å². The zero-order valence-corrected chi connectivity index (χ0v) is 9.93. The van der Waals surface area contributed by atoms with Gasteiger partial charge in [0.15, 0.2) is 0 Å². The molecular weight excluding hydrogens is 218 g/mol. The van der Waals surface area contributed by atoms with Gasteiger partial charge in [0.2, 0.25) is 0 Å². The normalized spacial score (nSPS) is 10.8. The van der Waals surface area contributed by atoms with Crippen LogP contribution in [-0.2, 0) is 6.54 Å². The van der Waals surface area contributed by atoms with Gasteiger partial charge in [-0.25, -0.2) is 0 Å². The second-order valence-corrected chi connectivity index (χ2v) is 3.90. The molecule has 0 aliphatic heterocycles. The molecule has 0 saturated heterocycles. The smallest absolute Gasteiger partial charge is 0.251 e. The molecule has 0 bridgehead atoms. The second kappa shape index (κ2) is 4.59. The zero-order chi connectivity index (χ0) is 12.4. The van der Waals surface area contributed by atoms with E-state index in [1.807, 2.05) is 25.1 Å². The van der Waals surface area contributed by atoms with E-state index in [1.54, 1.807) is 17.7 Å². The molecule has 17 heavy (non-hydrogen) atoms. The molecule has 0 atom stereocenters. The van der Waals surface area contributed by atoms with Crippen LogP contribution < -0.4 is 10.3 Å². The van der Waals surface area contributed by atoms with Crippen LogP contribution in [0.15, 0.2) is 29.1 Å². The van der Waals surface area contributed by atoms with E-state index in [0.29, 0.717) is 5.75 Å². The highest BCUT2D eigenvalue weighted by Crippen LogP contribution is 2.26. The molecule has 1 heterocycles. The van der Waals surface area contributed by atoms with Crippen LogP contribution in [0, 0.1) is 6.92 Å². The molecule has 1 aromatic carbocycles. The summed E-state index contributed by atoms with van der Waals surface area (Å²) in [6, 6.07) is 7.23. The van der Waals surface area contributed by atoms with E-state index in [2.05, 4.69) is 0 Å². The summed E-state index contributed by atoms with van der Waals surface area (Å²) in [5, 5.41) is 10.0. The molecule has 90 valence electrons. The fourth-order valence-corrected chi connectivity index (χ4v) is 2.06. The molecule has 0 radical (unpaired) electrons. The van der Waals surface area contributed by atoms with Gasteiger partial charge in [-0.2, -0.15) is 0 Å². The summed E-state index contributed by atoms with van der Waals surface area (Å²) >= 11 is 0. The van der Waals surface area contributed by atoms with Crippen LogP contribution in [0.5, 0.6) is 5.75 Å². The number of nitrogens with zero attached hydrogens (tertiary/aromatic N) is 1. The van der Waals surface area contributed by atoms with Gasteiger partial charge in [0.1, 0.15) is 5.75 Å². The molecule has 0 amide bonds. The van der Waals surface area contributed by atoms with Crippen LogP contribution in [0.4, 0.5) is 0 Å². The summed E-state index contributed by atoms with van der Waals surface area (Å²) in [7, 11) is 1.57. The number of hydrogen-bond donors (Lipinski definition) is 1. The van der Waals surface area contributed by atoms with E-state index in [1.165, 1.54) is 0 Å². The Kier molecular flexibility index (Phi) is 3.15. The number of fused-ring (bicyclic) bond motifs is 1. The maximum Gasteiger partial charge on any atom is 0.251 e. The van der Waals surface area contributed by atoms with Crippen LogP contribution >= 0.6 is 0 Å². The molecule has 0 fully saturated rings. The van der Waals surface area contributed by atoms with Gasteiger partial charge in [-0.15, -0.1) is 0 Å². The van der Waals surface area contributed by atoms with E-state index in [-0.39, 0.29) is 18.7 Å². The van der Waals surface area contributed by atoms with Gasteiger partial charge in [0.25, 0.3) is 5.56 Å². The molecular formula is C13H15NO3. The predicted molar refractivity (Wildman–Crippen MR) is 66.6 cm³/mol. The van der Waals surface area contributed by atoms with E-state index in [0.717, 1.165) is 16.5 Å². The Bertz CT molecular complexity index is 601. The highest BCUT2D eigenvalue weighted by atomic mass is 16.5. The lowest BCUT2D eigenvalue weighted by Crippen LogP contribution is -2.22. The van der Waals surface area contributed by atoms with Crippen molar-refractivity contribution in [3.05, 3.63) is 40.2 Å². The number of methoxy groups -OCH3 is 1. The molecule has 0 spiro atoms. The molecule has 4 nitrogen and oxygen atoms in total. The minimum Gasteiger partial charge on any atom is -0.495 e. The Labute approximate surface area is 99.1 Å². The molecule has 1 aromatic heterocycles. The predicted octanol–water partition coefficient (Wildman–Crippen LogP) is 1.31. The van der Waals surface area contributed by atoms with Gasteiger partial charge in [-0.05, 0) is 18.6 Å². The van der Waals surface area contributed by atoms with Crippen molar-refractivity contribution >= 4 is 10.9 Å². The van der Waals surface area contributed by atoms with E-state index < -0.39 is 0 Å². The highest BCUT2D eigenvalue weighted by molar-refractivity contribution is 5.87. The number of aliphatic hydroxyl groups excluding tert-OH is 1. The first kappa shape index (κ1) is 11.7. The van der Waals surface area contributed by atoms with Gasteiger partial charge in [0.05, 0.1) is 19.2 Å². The quantitative estimate of drug-likeness (QED) is 0.869. The number of hydrogen-bond acceptors (Lipinski definition) is 3. The average Bonchev–Trinajstić information content (AvgIpc) is 2.33. The number of rotatable bonds is 3. The first-order valence-corrected chi connectivity index (χ1v) is 5.47. The van der Waals surface area contributed by atoms with Crippen LogP contribution in [0.2, 0.25) is 0 Å². The number of pyridine rings is 1. The monoisotopic (exact) mass is 233 g/mol. The van der Waals surface area contributed by atoms with Crippen LogP contribution in [-0.4, -0.2) is 23.4 Å². The van der Waals surface area contributed by atoms with Crippen LogP contribution in [0.3, 0.4) is 0 Å². The van der Waals surface area contributed by atoms with Crippen molar-refractivity contribution in [2.75, 3.05) is 13.7 Å². The summed E-state index contributed by atoms with van der Waals surface area (Å²) in [6.45, 7) is 2.10. The van der Waals surface area contributed by atoms with Gasteiger partial charge in [-0.3, -0.25) is 4.79 Å². The third-order valence-corrected chi connectivity index (χ3v) is 2.84. The first-order valence-electron chi connectivity index (χ1n) is 5.47. The van der Waals surface area contributed by atoms with Gasteiger partial charge >= 0.3 is 0 Å². The number of aliphatic hydroxyl groups is 1. The molecule has 2 aromatic rings. The Morgan fingerprint density at radius 2 is 2.18 bits per heavy atom. The fraction of sp³-hybridized carbons (Fsp3) is 0.308. The summed E-state index contributed by atoms with van der Waals surface area (Å²) in [4.78, 5) is 11.9. The molecule has 0 unspecified atom stereocenters. The average molecular weight is 233 g/mol. The van der Waals surface area contributed by atoms with Crippen molar-refractivity contribution in [2.45, 2.75) is 13.5 Å². The fourth-order valence-electron chi connectivity index (χ4n) is 2.06. The number of aromatic nitrogens is 1. The maximum atomic E-state index is 11.9. The number of benzene rings is 1. The minimum atomic E-state index is -0.117. The second-order valence-electron chi connectivity index (χ2n) is 3.90. The Morgan fingerprint density at radius 1 is 1.41 bits per heavy atom. The largest absolute Gasteiger partial charge is 0.495 e. The maximum absolute atomic E-state index is 11.9. The molecule has 0 saturated carbocycles. The van der Waals surface area contributed by atoms with Crippen molar-refractivity contribution in [3.8, 4) is 5.75 Å². The van der Waals surface area contributed by atoms with Crippen molar-refractivity contribution in [3.63, 3.8) is 0 Å². The third kappa shape index (κ3) is 1.91. The van der Waals surface area contributed by atoms with E-state index in [9.17, 15) is 4.79 Å². The Morgan fingerprint density at radius 3 is 2.82 bits per heavy atom. The SMILES string of the molecule is COc1cccc2c(C)cc(=O)n(CCO)c12. The van der Waals surface area contributed by atoms with Crippen molar-refractivity contribution in [2.24, 2.45) is 0 Å². The van der Waals surface area contributed by atoms with Crippen molar-refractivity contribution in [1.82, 2.24) is 4.57 Å². The summed E-state index contributed by atoms with van der Waals surface area (Å²) in [6.07, 6.45) is 0. The third-order valence-electron chi connectivity index (χ3n) is 2.84. The summed E-state index contributed by atoms with van der Waals surface area (Å²) in [5.41, 5.74) is 1.54. The topological polar surface area (TPSA) is 51.5 Å². The number of aryl methyl sites for hydroxylation is 1. The lowest BCUT2D eigenvalue weighted by Gasteiger charge is -2.13. The lowest BCUT2D eigenvalue weighted by molar-refractivity contribution is 0.276. The molecule has 1 N–H and O–H groups in total. The Balaban J connectivity index is 2.91. The molecule has 0 aliphatic carbocycles. The lowest BCUT2D eigenvalue weighted by atomic mass is 10.1. The summed E-state index contributed by atoms with van der Waals surface area (Å²) in [5.74, 6) is 0.650. The first-order chi connectivity index (χ1) is 8.19. The minimum absolute atomic E-state index is 0.0733. The zero-order valence-electron chi connectivity index (χ0n) is 9.93. The van der Waals surface area contributed by atoms with E-state index in [4.69, 9.17) is 9.84 Å². The number of para-hydroxylation sites is 1. The van der Waals surface area contributed by atoms with Gasteiger partial charge in [0, 0.05) is 18.0 Å². The molecule has 2 rings (SSSR count). The van der Waals surface area contributed by atoms with Gasteiger partial charge < -0.3 is 14.4 Å². The van der Waals surface area contributed by atoms with Crippen LogP contribution in [0.1, 0.15) is 5.56 Å². The van der Waals surface area contributed by atoms with E-state index >= 15 is 0 Å². The molecule has 0 aliphatic rings. The number of ether oxygens (including phenoxy) is 1. The summed E-state index contributed by atoms with van der Waals surface area (Å²) < 4.78 is 6.83. The Hall–Kier alpha value is -1.81. The highest BCUT2D eigenvalue weighted by Gasteiger charge is 2.10. The van der Waals surface area contributed by atoms with Gasteiger partial charge in [-0.1, -0.05) is 12.1 Å². The molecule has 4 heteroatoms. The van der Waals surface area contributed by atoms with Crippen LogP contribution in [0.25, 0.3) is 10.9 Å². The van der Waals surface area contributed by atoms with Crippen molar-refractivity contribution in [1.29, 1.82) is 0 Å². The standard InChI is InChI=1S/C13H15NO3/c1-9-8-12(16)14(6-7-15)13-10(9)4-3-5-11(13)17-2/h3-5,8,15H,6-7H2,1-2H3.